The molecule has 1 heterocycles. The van der Waals surface area contributed by atoms with Crippen LogP contribution in [-0.2, 0) is 12.1 Å². The van der Waals surface area contributed by atoms with Gasteiger partial charge in [-0.3, -0.25) is 4.68 Å². The minimum absolute atomic E-state index is 0.0594. The van der Waals surface area contributed by atoms with Gasteiger partial charge < -0.3 is 5.11 Å². The largest absolute Gasteiger partial charge is 0.386 e. The highest BCUT2D eigenvalue weighted by atomic mass is 127. The molecular formula is C14H15F2IN2O. The molecule has 6 heteroatoms. The molecule has 0 saturated heterocycles. The highest BCUT2D eigenvalue weighted by Gasteiger charge is 2.56. The third-order valence-corrected chi connectivity index (χ3v) is 4.56. The highest BCUT2D eigenvalue weighted by molar-refractivity contribution is 14.1. The lowest BCUT2D eigenvalue weighted by atomic mass is 9.97. The fraction of sp³-hybridized carbons (Fsp3) is 0.500. The predicted octanol–water partition coefficient (Wildman–Crippen LogP) is 3.52. The van der Waals surface area contributed by atoms with Gasteiger partial charge in [0.2, 0.25) is 0 Å². The van der Waals surface area contributed by atoms with Gasteiger partial charge in [0.15, 0.2) is 0 Å². The Balaban J connectivity index is 2.03. The summed E-state index contributed by atoms with van der Waals surface area (Å²) >= 11 is 2.11. The van der Waals surface area contributed by atoms with Gasteiger partial charge >= 0.3 is 0 Å². The molecule has 2 aromatic rings. The van der Waals surface area contributed by atoms with Crippen LogP contribution in [0, 0.1) is 9.62 Å². The van der Waals surface area contributed by atoms with Gasteiger partial charge in [-0.05, 0) is 54.1 Å². The van der Waals surface area contributed by atoms with E-state index in [4.69, 9.17) is 0 Å². The van der Waals surface area contributed by atoms with Crippen LogP contribution in [0.2, 0.25) is 0 Å². The Morgan fingerprint density at radius 3 is 2.70 bits per heavy atom. The molecule has 3 nitrogen and oxygen atoms in total. The monoisotopic (exact) mass is 392 g/mol. The van der Waals surface area contributed by atoms with Crippen LogP contribution in [0.4, 0.5) is 8.78 Å². The van der Waals surface area contributed by atoms with Crippen molar-refractivity contribution in [1.82, 2.24) is 9.78 Å². The number of hydrogen-bond acceptors (Lipinski definition) is 2. The van der Waals surface area contributed by atoms with E-state index >= 15 is 0 Å². The lowest BCUT2D eigenvalue weighted by Gasteiger charge is -2.17. The van der Waals surface area contributed by atoms with Gasteiger partial charge in [0.05, 0.1) is 17.7 Å². The molecule has 108 valence electrons. The maximum absolute atomic E-state index is 13.1. The lowest BCUT2D eigenvalue weighted by molar-refractivity contribution is 0.0786. The molecule has 1 saturated carbocycles. The Bertz CT molecular complexity index is 676. The maximum atomic E-state index is 13.1. The molecule has 1 aromatic heterocycles. The summed E-state index contributed by atoms with van der Waals surface area (Å²) in [6, 6.07) is 5.58. The maximum Gasteiger partial charge on any atom is 0.253 e. The quantitative estimate of drug-likeness (QED) is 0.812. The standard InChI is InChI=1S/C14H15F2IN2O/c1-13(2,20)8-3-4-10-11(5-8)19(18-12(10)17)7-9-6-14(9,15)16/h3-5,9,20H,6-7H2,1-2H3. The second kappa shape index (κ2) is 4.37. The average Bonchev–Trinajstić information content (AvgIpc) is 2.80. The zero-order valence-electron chi connectivity index (χ0n) is 11.2. The molecule has 3 rings (SSSR count). The van der Waals surface area contributed by atoms with Crippen LogP contribution in [0.3, 0.4) is 0 Å². The summed E-state index contributed by atoms with van der Waals surface area (Å²) in [4.78, 5) is 0. The number of alkyl halides is 2. The van der Waals surface area contributed by atoms with Crippen molar-refractivity contribution in [2.75, 3.05) is 0 Å². The first-order valence-electron chi connectivity index (χ1n) is 6.45. The van der Waals surface area contributed by atoms with Gasteiger partial charge in [0, 0.05) is 17.7 Å². The third-order valence-electron chi connectivity index (χ3n) is 3.76. The predicted molar refractivity (Wildman–Crippen MR) is 80.7 cm³/mol. The Morgan fingerprint density at radius 1 is 1.50 bits per heavy atom. The van der Waals surface area contributed by atoms with E-state index in [9.17, 15) is 13.9 Å². The topological polar surface area (TPSA) is 38.1 Å². The van der Waals surface area contributed by atoms with Crippen molar-refractivity contribution >= 4 is 33.5 Å². The summed E-state index contributed by atoms with van der Waals surface area (Å²) in [5, 5.41) is 15.4. The SMILES string of the molecule is CC(C)(O)c1ccc2c(I)nn(CC3CC3(F)F)c2c1. The Kier molecular flexibility index (Phi) is 3.10. The molecule has 0 bridgehead atoms. The number of benzene rings is 1. The van der Waals surface area contributed by atoms with Crippen molar-refractivity contribution < 1.29 is 13.9 Å². The first kappa shape index (κ1) is 14.2. The van der Waals surface area contributed by atoms with Crippen molar-refractivity contribution in [3.8, 4) is 0 Å². The number of halogens is 3. The Morgan fingerprint density at radius 2 is 2.15 bits per heavy atom. The second-order valence-electron chi connectivity index (χ2n) is 5.93. The summed E-state index contributed by atoms with van der Waals surface area (Å²) in [5.74, 6) is -3.16. The van der Waals surface area contributed by atoms with Crippen molar-refractivity contribution in [2.24, 2.45) is 5.92 Å². The van der Waals surface area contributed by atoms with Crippen LogP contribution < -0.4 is 0 Å². The summed E-state index contributed by atoms with van der Waals surface area (Å²) in [7, 11) is 0. The van der Waals surface area contributed by atoms with Crippen LogP contribution in [0.25, 0.3) is 10.9 Å². The highest BCUT2D eigenvalue weighted by Crippen LogP contribution is 2.49. The fourth-order valence-electron chi connectivity index (χ4n) is 2.33. The third kappa shape index (κ3) is 2.43. The molecule has 1 N–H and O–H groups in total. The molecule has 1 fully saturated rings. The summed E-state index contributed by atoms with van der Waals surface area (Å²) < 4.78 is 28.6. The molecule has 20 heavy (non-hydrogen) atoms. The van der Waals surface area contributed by atoms with Crippen LogP contribution in [0.15, 0.2) is 18.2 Å². The van der Waals surface area contributed by atoms with Gasteiger partial charge in [-0.25, -0.2) is 8.78 Å². The number of aliphatic hydroxyl groups is 1. The summed E-state index contributed by atoms with van der Waals surface area (Å²) in [5.41, 5.74) is 0.597. The van der Waals surface area contributed by atoms with E-state index in [1.807, 2.05) is 18.2 Å². The second-order valence-corrected chi connectivity index (χ2v) is 6.95. The van der Waals surface area contributed by atoms with Crippen LogP contribution >= 0.6 is 22.6 Å². The van der Waals surface area contributed by atoms with Crippen molar-refractivity contribution in [3.05, 3.63) is 27.5 Å². The smallest absolute Gasteiger partial charge is 0.253 e. The van der Waals surface area contributed by atoms with Gasteiger partial charge in [-0.1, -0.05) is 6.07 Å². The molecule has 1 unspecified atom stereocenters. The number of nitrogens with zero attached hydrogens (tertiary/aromatic N) is 2. The Hall–Kier alpha value is -0.760. The van der Waals surface area contributed by atoms with E-state index in [2.05, 4.69) is 27.7 Å². The Labute approximate surface area is 129 Å². The van der Waals surface area contributed by atoms with Gasteiger partial charge in [-0.2, -0.15) is 5.10 Å². The minimum atomic E-state index is -2.54. The molecule has 0 amide bonds. The normalized spacial score (nSPS) is 21.4. The zero-order chi connectivity index (χ0) is 14.7. The van der Waals surface area contributed by atoms with E-state index in [-0.39, 0.29) is 13.0 Å². The van der Waals surface area contributed by atoms with Gasteiger partial charge in [0.1, 0.15) is 3.70 Å². The van der Waals surface area contributed by atoms with Crippen LogP contribution in [0.5, 0.6) is 0 Å². The molecular weight excluding hydrogens is 377 g/mol. The van der Waals surface area contributed by atoms with Crippen molar-refractivity contribution in [3.63, 3.8) is 0 Å². The molecule has 0 spiro atoms. The van der Waals surface area contributed by atoms with E-state index in [1.165, 1.54) is 0 Å². The van der Waals surface area contributed by atoms with E-state index < -0.39 is 17.4 Å². The minimum Gasteiger partial charge on any atom is -0.386 e. The fourth-order valence-corrected chi connectivity index (χ4v) is 3.05. The molecule has 1 aromatic carbocycles. The molecule has 1 atom stereocenters. The molecule has 1 aliphatic carbocycles. The van der Waals surface area contributed by atoms with Crippen LogP contribution in [-0.4, -0.2) is 20.8 Å². The van der Waals surface area contributed by atoms with Gasteiger partial charge in [-0.15, -0.1) is 0 Å². The number of rotatable bonds is 3. The number of hydrogen-bond donors (Lipinski definition) is 1. The van der Waals surface area contributed by atoms with E-state index in [1.54, 1.807) is 18.5 Å². The van der Waals surface area contributed by atoms with Gasteiger partial charge in [0.25, 0.3) is 5.92 Å². The lowest BCUT2D eigenvalue weighted by Crippen LogP contribution is -2.15. The molecule has 0 radical (unpaired) electrons. The van der Waals surface area contributed by atoms with E-state index in [0.717, 1.165) is 20.2 Å². The number of fused-ring (bicyclic) bond motifs is 1. The average molecular weight is 392 g/mol. The molecule has 0 aliphatic heterocycles. The van der Waals surface area contributed by atoms with E-state index in [0.29, 0.717) is 0 Å². The summed E-state index contributed by atoms with van der Waals surface area (Å²) in [6.07, 6.45) is -0.0594. The zero-order valence-corrected chi connectivity index (χ0v) is 13.4. The molecule has 1 aliphatic rings. The van der Waals surface area contributed by atoms with Crippen molar-refractivity contribution in [1.29, 1.82) is 0 Å². The summed E-state index contributed by atoms with van der Waals surface area (Å²) in [6.45, 7) is 3.63. The van der Waals surface area contributed by atoms with Crippen LogP contribution in [0.1, 0.15) is 25.8 Å². The first-order chi connectivity index (χ1) is 9.18. The first-order valence-corrected chi connectivity index (χ1v) is 7.53. The number of aromatic nitrogens is 2. The van der Waals surface area contributed by atoms with Crippen molar-refractivity contribution in [2.45, 2.75) is 38.3 Å².